The first-order valence-electron chi connectivity index (χ1n) is 5.94. The van der Waals surface area contributed by atoms with E-state index in [0.717, 1.165) is 32.1 Å². The average Bonchev–Trinajstić information content (AvgIpc) is 2.23. The summed E-state index contributed by atoms with van der Waals surface area (Å²) in [5.41, 5.74) is 0. The Kier molecular flexibility index (Phi) is 10.5. The minimum absolute atomic E-state index is 0.0178. The number of ketones is 1. The van der Waals surface area contributed by atoms with Gasteiger partial charge in [0.15, 0.2) is 0 Å². The highest BCUT2D eigenvalue weighted by Gasteiger charge is 2.09. The van der Waals surface area contributed by atoms with E-state index in [-0.39, 0.29) is 12.2 Å². The Labute approximate surface area is 102 Å². The Morgan fingerprint density at radius 2 is 1.69 bits per heavy atom. The van der Waals surface area contributed by atoms with Crippen molar-refractivity contribution in [3.8, 4) is 0 Å². The summed E-state index contributed by atoms with van der Waals surface area (Å²) in [5, 5.41) is 0. The molecule has 0 unspecified atom stereocenters. The van der Waals surface area contributed by atoms with Gasteiger partial charge < -0.3 is 4.74 Å². The maximum Gasteiger partial charge on any atom is 0.313 e. The highest BCUT2D eigenvalue weighted by molar-refractivity contribution is 6.17. The molecule has 4 heteroatoms. The molecule has 0 amide bonds. The summed E-state index contributed by atoms with van der Waals surface area (Å²) < 4.78 is 4.70. The van der Waals surface area contributed by atoms with Crippen molar-refractivity contribution in [1.29, 1.82) is 0 Å². The van der Waals surface area contributed by atoms with Crippen LogP contribution < -0.4 is 0 Å². The molecule has 0 aliphatic rings. The van der Waals surface area contributed by atoms with Crippen LogP contribution in [-0.2, 0) is 14.3 Å². The molecule has 0 aromatic rings. The molecule has 0 aromatic carbocycles. The zero-order valence-electron chi connectivity index (χ0n) is 9.97. The van der Waals surface area contributed by atoms with Crippen molar-refractivity contribution < 1.29 is 14.3 Å². The van der Waals surface area contributed by atoms with Gasteiger partial charge in [-0.05, 0) is 19.8 Å². The lowest BCUT2D eigenvalue weighted by atomic mass is 10.1. The molecular formula is C12H21ClO3. The van der Waals surface area contributed by atoms with E-state index in [1.807, 2.05) is 0 Å². The lowest BCUT2D eigenvalue weighted by Crippen LogP contribution is -2.10. The smallest absolute Gasteiger partial charge is 0.313 e. The largest absolute Gasteiger partial charge is 0.466 e. The second-order valence-corrected chi connectivity index (χ2v) is 4.11. The van der Waals surface area contributed by atoms with E-state index >= 15 is 0 Å². The van der Waals surface area contributed by atoms with Gasteiger partial charge in [0.2, 0.25) is 0 Å². The van der Waals surface area contributed by atoms with E-state index < -0.39 is 5.97 Å². The van der Waals surface area contributed by atoms with E-state index in [1.165, 1.54) is 0 Å². The standard InChI is InChI=1S/C12H21ClO3/c1-2-16-12(15)10-11(14)8-6-4-3-5-7-9-13/h2-10H2,1H3. The maximum absolute atomic E-state index is 11.3. The number of halogens is 1. The van der Waals surface area contributed by atoms with Crippen LogP contribution >= 0.6 is 11.6 Å². The molecule has 0 saturated carbocycles. The third kappa shape index (κ3) is 9.97. The highest BCUT2D eigenvalue weighted by Crippen LogP contribution is 2.07. The molecule has 0 rings (SSSR count). The van der Waals surface area contributed by atoms with Crippen LogP contribution in [0.25, 0.3) is 0 Å². The molecule has 0 aliphatic heterocycles. The number of unbranched alkanes of at least 4 members (excludes halogenated alkanes) is 4. The molecule has 0 spiro atoms. The first-order chi connectivity index (χ1) is 7.70. The van der Waals surface area contributed by atoms with Crippen molar-refractivity contribution in [2.24, 2.45) is 0 Å². The first-order valence-corrected chi connectivity index (χ1v) is 6.47. The Hall–Kier alpha value is -0.570. The summed E-state index contributed by atoms with van der Waals surface area (Å²) >= 11 is 5.55. The van der Waals surface area contributed by atoms with Gasteiger partial charge in [-0.15, -0.1) is 11.6 Å². The lowest BCUT2D eigenvalue weighted by molar-refractivity contribution is -0.145. The van der Waals surface area contributed by atoms with Gasteiger partial charge >= 0.3 is 5.97 Å². The van der Waals surface area contributed by atoms with Gasteiger partial charge in [0.05, 0.1) is 6.61 Å². The van der Waals surface area contributed by atoms with Crippen LogP contribution in [0.15, 0.2) is 0 Å². The van der Waals surface area contributed by atoms with Crippen LogP contribution in [0.3, 0.4) is 0 Å². The number of carbonyl (C=O) groups excluding carboxylic acids is 2. The van der Waals surface area contributed by atoms with Crippen LogP contribution in [-0.4, -0.2) is 24.2 Å². The lowest BCUT2D eigenvalue weighted by Gasteiger charge is -2.01. The number of esters is 1. The van der Waals surface area contributed by atoms with Gasteiger partial charge in [-0.1, -0.05) is 19.3 Å². The third-order valence-corrected chi connectivity index (χ3v) is 2.50. The van der Waals surface area contributed by atoms with Gasteiger partial charge in [-0.3, -0.25) is 9.59 Å². The molecule has 0 aliphatic carbocycles. The summed E-state index contributed by atoms with van der Waals surface area (Å²) in [4.78, 5) is 22.3. The van der Waals surface area contributed by atoms with Gasteiger partial charge in [0, 0.05) is 12.3 Å². The molecule has 0 bridgehead atoms. The summed E-state index contributed by atoms with van der Waals surface area (Å²) in [6, 6.07) is 0. The third-order valence-electron chi connectivity index (χ3n) is 2.24. The zero-order valence-corrected chi connectivity index (χ0v) is 10.7. The second kappa shape index (κ2) is 10.9. The molecule has 0 aromatic heterocycles. The predicted octanol–water partition coefficient (Wildman–Crippen LogP) is 3.09. The molecule has 16 heavy (non-hydrogen) atoms. The van der Waals surface area contributed by atoms with E-state index in [1.54, 1.807) is 6.92 Å². The van der Waals surface area contributed by atoms with E-state index in [4.69, 9.17) is 16.3 Å². The van der Waals surface area contributed by atoms with Crippen LogP contribution in [0.2, 0.25) is 0 Å². The molecule has 0 atom stereocenters. The molecule has 94 valence electrons. The number of carbonyl (C=O) groups is 2. The number of rotatable bonds is 10. The van der Waals surface area contributed by atoms with Crippen molar-refractivity contribution >= 4 is 23.4 Å². The van der Waals surface area contributed by atoms with Crippen LogP contribution in [0.1, 0.15) is 51.9 Å². The summed E-state index contributed by atoms with van der Waals surface area (Å²) in [7, 11) is 0. The SMILES string of the molecule is CCOC(=O)CC(=O)CCCCCCCCl. The Morgan fingerprint density at radius 3 is 2.31 bits per heavy atom. The van der Waals surface area contributed by atoms with E-state index in [2.05, 4.69) is 0 Å². The Bertz CT molecular complexity index is 204. The van der Waals surface area contributed by atoms with Gasteiger partial charge in [0.1, 0.15) is 12.2 Å². The van der Waals surface area contributed by atoms with Crippen LogP contribution in [0, 0.1) is 0 Å². The molecule has 0 heterocycles. The fourth-order valence-electron chi connectivity index (χ4n) is 1.41. The Morgan fingerprint density at radius 1 is 1.06 bits per heavy atom. The van der Waals surface area contributed by atoms with Crippen molar-refractivity contribution in [2.45, 2.75) is 51.9 Å². The molecule has 0 radical (unpaired) electrons. The quantitative estimate of drug-likeness (QED) is 0.258. The normalized spacial score (nSPS) is 10.1. The minimum Gasteiger partial charge on any atom is -0.466 e. The van der Waals surface area contributed by atoms with Crippen LogP contribution in [0.5, 0.6) is 0 Å². The molecular weight excluding hydrogens is 228 g/mol. The van der Waals surface area contributed by atoms with Crippen molar-refractivity contribution in [2.75, 3.05) is 12.5 Å². The summed E-state index contributed by atoms with van der Waals surface area (Å²) in [6.07, 6.45) is 5.58. The molecule has 0 saturated heterocycles. The van der Waals surface area contributed by atoms with Crippen molar-refractivity contribution in [3.63, 3.8) is 0 Å². The molecule has 3 nitrogen and oxygen atoms in total. The fourth-order valence-corrected chi connectivity index (χ4v) is 1.60. The highest BCUT2D eigenvalue weighted by atomic mass is 35.5. The average molecular weight is 249 g/mol. The number of Topliss-reactive ketones (excluding diaryl/α,β-unsaturated/α-hetero) is 1. The maximum atomic E-state index is 11.3. The van der Waals surface area contributed by atoms with Crippen LogP contribution in [0.4, 0.5) is 0 Å². The van der Waals surface area contributed by atoms with E-state index in [0.29, 0.717) is 18.9 Å². The Balaban J connectivity index is 3.33. The zero-order chi connectivity index (χ0) is 12.2. The molecule has 0 fully saturated rings. The minimum atomic E-state index is -0.408. The number of hydrogen-bond donors (Lipinski definition) is 0. The van der Waals surface area contributed by atoms with Gasteiger partial charge in [-0.2, -0.15) is 0 Å². The number of hydrogen-bond acceptors (Lipinski definition) is 3. The van der Waals surface area contributed by atoms with Crippen molar-refractivity contribution in [3.05, 3.63) is 0 Å². The summed E-state index contributed by atoms with van der Waals surface area (Å²) in [6.45, 7) is 2.07. The predicted molar refractivity (Wildman–Crippen MR) is 64.7 cm³/mol. The van der Waals surface area contributed by atoms with E-state index in [9.17, 15) is 9.59 Å². The fraction of sp³-hybridized carbons (Fsp3) is 0.833. The first kappa shape index (κ1) is 15.4. The number of alkyl halides is 1. The number of ether oxygens (including phenoxy) is 1. The second-order valence-electron chi connectivity index (χ2n) is 3.73. The molecule has 0 N–H and O–H groups in total. The monoisotopic (exact) mass is 248 g/mol. The van der Waals surface area contributed by atoms with Gasteiger partial charge in [0.25, 0.3) is 0 Å². The van der Waals surface area contributed by atoms with Crippen molar-refractivity contribution in [1.82, 2.24) is 0 Å². The summed E-state index contributed by atoms with van der Waals surface area (Å²) in [5.74, 6) is 0.285. The topological polar surface area (TPSA) is 43.4 Å². The van der Waals surface area contributed by atoms with Gasteiger partial charge in [-0.25, -0.2) is 0 Å².